The lowest BCUT2D eigenvalue weighted by Gasteiger charge is -2.29. The molecule has 2 nitrogen and oxygen atoms in total. The first-order valence-electron chi connectivity index (χ1n) is 19.8. The molecule has 0 radical (unpaired) electrons. The van der Waals surface area contributed by atoms with E-state index in [9.17, 15) is 0 Å². The van der Waals surface area contributed by atoms with Gasteiger partial charge in [-0.05, 0) is 109 Å². The second kappa shape index (κ2) is 14.1. The lowest BCUT2D eigenvalue weighted by molar-refractivity contribution is 0.669. The summed E-state index contributed by atoms with van der Waals surface area (Å²) in [4.78, 5) is 2.42. The van der Waals surface area contributed by atoms with Crippen LogP contribution < -0.4 is 4.90 Å². The van der Waals surface area contributed by atoms with Crippen molar-refractivity contribution in [1.82, 2.24) is 0 Å². The quantitative estimate of drug-likeness (QED) is 0.151. The third-order valence-electron chi connectivity index (χ3n) is 11.5. The smallest absolute Gasteiger partial charge is 0.136 e. The number of benzene rings is 10. The average Bonchev–Trinajstić information content (AvgIpc) is 3.69. The minimum absolute atomic E-state index is 0.897. The number of para-hydroxylation sites is 1. The summed E-state index contributed by atoms with van der Waals surface area (Å²) in [6, 6.07) is 80.8. The van der Waals surface area contributed by atoms with Gasteiger partial charge in [-0.15, -0.1) is 0 Å². The Morgan fingerprint density at radius 2 is 0.828 bits per heavy atom. The van der Waals surface area contributed by atoms with Gasteiger partial charge in [0.2, 0.25) is 0 Å². The summed E-state index contributed by atoms with van der Waals surface area (Å²) in [6.07, 6.45) is 0. The van der Waals surface area contributed by atoms with E-state index in [1.54, 1.807) is 0 Å². The van der Waals surface area contributed by atoms with Crippen LogP contribution in [0.5, 0.6) is 0 Å². The van der Waals surface area contributed by atoms with Gasteiger partial charge in [-0.2, -0.15) is 0 Å². The van der Waals surface area contributed by atoms with Gasteiger partial charge in [0.15, 0.2) is 0 Å². The molecule has 0 aliphatic heterocycles. The molecule has 0 bridgehead atoms. The summed E-state index contributed by atoms with van der Waals surface area (Å²) in [5, 5.41) is 7.26. The first kappa shape index (κ1) is 33.6. The minimum Gasteiger partial charge on any atom is -0.456 e. The molecular formula is C56H37NO. The molecule has 0 saturated carbocycles. The van der Waals surface area contributed by atoms with Crippen molar-refractivity contribution in [3.8, 4) is 44.5 Å². The molecular weight excluding hydrogens is 703 g/mol. The van der Waals surface area contributed by atoms with Crippen molar-refractivity contribution in [3.63, 3.8) is 0 Å². The standard InChI is InChI=1S/C56H37NO/c1-3-14-38(15-4-1)39-26-31-44(32-27-39)57(45-33-28-41(29-34-45)48-23-13-25-55-56(48)51-22-11-12-24-54(51)58-55)53-37-43(30-35-47(53)40-16-5-2-6-17-40)52-36-42-18-7-8-19-46(42)49-20-9-10-21-50(49)52/h1-37H. The molecule has 0 N–H and O–H groups in total. The number of nitrogens with zero attached hydrogens (tertiary/aromatic N) is 1. The summed E-state index contributed by atoms with van der Waals surface area (Å²) in [7, 11) is 0. The van der Waals surface area contributed by atoms with Crippen LogP contribution in [0.3, 0.4) is 0 Å². The van der Waals surface area contributed by atoms with Crippen LogP contribution in [0, 0.1) is 0 Å². The van der Waals surface area contributed by atoms with E-state index in [1.165, 1.54) is 38.2 Å². The lowest BCUT2D eigenvalue weighted by Crippen LogP contribution is -2.11. The fourth-order valence-corrected chi connectivity index (χ4v) is 8.71. The molecule has 272 valence electrons. The average molecular weight is 740 g/mol. The fraction of sp³-hybridized carbons (Fsp3) is 0. The van der Waals surface area contributed by atoms with Gasteiger partial charge in [-0.25, -0.2) is 0 Å². The highest BCUT2D eigenvalue weighted by Crippen LogP contribution is 2.46. The molecule has 0 spiro atoms. The zero-order valence-electron chi connectivity index (χ0n) is 31.7. The molecule has 10 aromatic carbocycles. The number of hydrogen-bond donors (Lipinski definition) is 0. The van der Waals surface area contributed by atoms with Crippen molar-refractivity contribution in [2.24, 2.45) is 0 Å². The van der Waals surface area contributed by atoms with E-state index in [1.807, 2.05) is 12.1 Å². The van der Waals surface area contributed by atoms with Gasteiger partial charge in [0, 0.05) is 27.7 Å². The van der Waals surface area contributed by atoms with Gasteiger partial charge >= 0.3 is 0 Å². The van der Waals surface area contributed by atoms with E-state index in [-0.39, 0.29) is 0 Å². The molecule has 58 heavy (non-hydrogen) atoms. The minimum atomic E-state index is 0.897. The van der Waals surface area contributed by atoms with E-state index in [2.05, 4.69) is 217 Å². The van der Waals surface area contributed by atoms with Gasteiger partial charge in [-0.1, -0.05) is 176 Å². The highest BCUT2D eigenvalue weighted by atomic mass is 16.3. The van der Waals surface area contributed by atoms with Gasteiger partial charge in [0.25, 0.3) is 0 Å². The summed E-state index contributed by atoms with van der Waals surface area (Å²) in [6.45, 7) is 0. The van der Waals surface area contributed by atoms with Crippen LogP contribution in [-0.2, 0) is 0 Å². The van der Waals surface area contributed by atoms with E-state index in [0.717, 1.165) is 66.8 Å². The highest BCUT2D eigenvalue weighted by Gasteiger charge is 2.21. The SMILES string of the molecule is c1ccc(-c2ccc(N(c3ccc(-c4cccc5oc6ccccc6c45)cc3)c3cc(-c4cc5ccccc5c5ccccc45)ccc3-c3ccccc3)cc2)cc1. The zero-order valence-corrected chi connectivity index (χ0v) is 31.7. The van der Waals surface area contributed by atoms with Crippen molar-refractivity contribution >= 4 is 60.5 Å². The topological polar surface area (TPSA) is 16.4 Å². The molecule has 11 aromatic rings. The Morgan fingerprint density at radius 1 is 0.293 bits per heavy atom. The maximum absolute atomic E-state index is 6.28. The number of furan rings is 1. The van der Waals surface area contributed by atoms with E-state index < -0.39 is 0 Å². The van der Waals surface area contributed by atoms with E-state index >= 15 is 0 Å². The van der Waals surface area contributed by atoms with Gasteiger partial charge in [0.05, 0.1) is 5.69 Å². The summed E-state index contributed by atoms with van der Waals surface area (Å²) in [5.41, 5.74) is 14.4. The first-order chi connectivity index (χ1) is 28.8. The first-order valence-corrected chi connectivity index (χ1v) is 19.8. The van der Waals surface area contributed by atoms with Crippen LogP contribution in [0.25, 0.3) is 88.0 Å². The molecule has 11 rings (SSSR count). The second-order valence-corrected chi connectivity index (χ2v) is 14.9. The Hall–Kier alpha value is -7.68. The summed E-state index contributed by atoms with van der Waals surface area (Å²) in [5.74, 6) is 0. The number of anilines is 3. The Bertz CT molecular complexity index is 3250. The van der Waals surface area contributed by atoms with Crippen LogP contribution in [0.15, 0.2) is 229 Å². The van der Waals surface area contributed by atoms with E-state index in [4.69, 9.17) is 4.42 Å². The molecule has 0 aliphatic rings. The molecule has 1 aromatic heterocycles. The molecule has 0 atom stereocenters. The Labute approximate surface area is 337 Å². The van der Waals surface area contributed by atoms with E-state index in [0.29, 0.717) is 0 Å². The largest absolute Gasteiger partial charge is 0.456 e. The monoisotopic (exact) mass is 739 g/mol. The molecule has 0 unspecified atom stereocenters. The highest BCUT2D eigenvalue weighted by molar-refractivity contribution is 6.14. The summed E-state index contributed by atoms with van der Waals surface area (Å²) >= 11 is 0. The van der Waals surface area contributed by atoms with Crippen LogP contribution in [-0.4, -0.2) is 0 Å². The molecule has 0 saturated heterocycles. The Morgan fingerprint density at radius 3 is 1.57 bits per heavy atom. The van der Waals surface area contributed by atoms with Crippen molar-refractivity contribution in [3.05, 3.63) is 224 Å². The fourth-order valence-electron chi connectivity index (χ4n) is 8.71. The zero-order chi connectivity index (χ0) is 38.4. The number of hydrogen-bond acceptors (Lipinski definition) is 2. The Balaban J connectivity index is 1.13. The third-order valence-corrected chi connectivity index (χ3v) is 11.5. The third kappa shape index (κ3) is 5.82. The van der Waals surface area contributed by atoms with Crippen LogP contribution in [0.2, 0.25) is 0 Å². The molecule has 1 heterocycles. The van der Waals surface area contributed by atoms with Crippen LogP contribution in [0.4, 0.5) is 17.1 Å². The van der Waals surface area contributed by atoms with Gasteiger partial charge < -0.3 is 9.32 Å². The number of fused-ring (bicyclic) bond motifs is 6. The second-order valence-electron chi connectivity index (χ2n) is 14.9. The Kier molecular flexibility index (Phi) is 8.19. The van der Waals surface area contributed by atoms with Gasteiger partial charge in [-0.3, -0.25) is 0 Å². The lowest BCUT2D eigenvalue weighted by atomic mass is 9.91. The predicted molar refractivity (Wildman–Crippen MR) is 245 cm³/mol. The maximum atomic E-state index is 6.28. The molecule has 0 aliphatic carbocycles. The molecule has 0 fully saturated rings. The van der Waals surface area contributed by atoms with Gasteiger partial charge in [0.1, 0.15) is 11.2 Å². The molecule has 2 heteroatoms. The normalized spacial score (nSPS) is 11.4. The van der Waals surface area contributed by atoms with Crippen molar-refractivity contribution in [1.29, 1.82) is 0 Å². The predicted octanol–water partition coefficient (Wildman–Crippen LogP) is 16.0. The van der Waals surface area contributed by atoms with Crippen molar-refractivity contribution in [2.75, 3.05) is 4.90 Å². The maximum Gasteiger partial charge on any atom is 0.136 e. The van der Waals surface area contributed by atoms with Crippen molar-refractivity contribution in [2.45, 2.75) is 0 Å². The number of rotatable bonds is 7. The molecule has 0 amide bonds. The summed E-state index contributed by atoms with van der Waals surface area (Å²) < 4.78 is 6.28. The van der Waals surface area contributed by atoms with Crippen LogP contribution in [0.1, 0.15) is 0 Å². The van der Waals surface area contributed by atoms with Crippen molar-refractivity contribution < 1.29 is 4.42 Å². The van der Waals surface area contributed by atoms with Crippen LogP contribution >= 0.6 is 0 Å².